The van der Waals surface area contributed by atoms with Gasteiger partial charge in [0.05, 0.1) is 6.10 Å². The number of hydrogen-bond acceptors (Lipinski definition) is 2. The molecule has 0 saturated carbocycles. The fourth-order valence-electron chi connectivity index (χ4n) is 1.93. The molecule has 1 aromatic carbocycles. The van der Waals surface area contributed by atoms with Gasteiger partial charge in [0.15, 0.2) is 0 Å². The third-order valence-corrected chi connectivity index (χ3v) is 2.64. The normalized spacial score (nSPS) is 16.1. The number of ether oxygens (including phenoxy) is 1. The predicted octanol–water partition coefficient (Wildman–Crippen LogP) is 2.85. The smallest absolute Gasteiger partial charge is 0.120 e. The summed E-state index contributed by atoms with van der Waals surface area (Å²) in [7, 11) is 0. The summed E-state index contributed by atoms with van der Waals surface area (Å²) in [4.78, 5) is 0. The van der Waals surface area contributed by atoms with Gasteiger partial charge in [-0.1, -0.05) is 18.2 Å². The van der Waals surface area contributed by atoms with E-state index in [9.17, 15) is 0 Å². The van der Waals surface area contributed by atoms with Crippen molar-refractivity contribution in [3.8, 4) is 5.75 Å². The lowest BCUT2D eigenvalue weighted by Gasteiger charge is -2.16. The number of rotatable bonds is 3. The van der Waals surface area contributed by atoms with Gasteiger partial charge in [0.25, 0.3) is 0 Å². The van der Waals surface area contributed by atoms with Crippen LogP contribution in [0.5, 0.6) is 5.75 Å². The van der Waals surface area contributed by atoms with Gasteiger partial charge in [-0.25, -0.2) is 0 Å². The Kier molecular flexibility index (Phi) is 3.62. The highest BCUT2D eigenvalue weighted by atomic mass is 16.5. The van der Waals surface area contributed by atoms with Crippen LogP contribution in [0.2, 0.25) is 0 Å². The summed E-state index contributed by atoms with van der Waals surface area (Å²) in [5.74, 6) is 0.965. The second-order valence-corrected chi connectivity index (χ2v) is 4.38. The molecule has 1 aromatic rings. The first kappa shape index (κ1) is 11.2. The van der Waals surface area contributed by atoms with Crippen molar-refractivity contribution in [1.29, 1.82) is 0 Å². The summed E-state index contributed by atoms with van der Waals surface area (Å²) in [6, 6.07) is 8.38. The Morgan fingerprint density at radius 2 is 2.19 bits per heavy atom. The van der Waals surface area contributed by atoms with Gasteiger partial charge in [0.1, 0.15) is 5.75 Å². The maximum atomic E-state index is 5.70. The van der Waals surface area contributed by atoms with Gasteiger partial charge in [-0.2, -0.15) is 0 Å². The molecule has 1 aliphatic rings. The van der Waals surface area contributed by atoms with Crippen molar-refractivity contribution in [2.75, 3.05) is 13.1 Å². The zero-order valence-corrected chi connectivity index (χ0v) is 9.99. The molecule has 16 heavy (non-hydrogen) atoms. The molecule has 0 spiro atoms. The van der Waals surface area contributed by atoms with Crippen LogP contribution in [0.15, 0.2) is 30.3 Å². The lowest BCUT2D eigenvalue weighted by molar-refractivity contribution is 0.242. The van der Waals surface area contributed by atoms with Gasteiger partial charge in [0, 0.05) is 6.54 Å². The summed E-state index contributed by atoms with van der Waals surface area (Å²) in [6.45, 7) is 6.15. The first-order chi connectivity index (χ1) is 7.75. The highest BCUT2D eigenvalue weighted by Crippen LogP contribution is 2.24. The fraction of sp³-hybridized carbons (Fsp3) is 0.429. The molecule has 1 N–H and O–H groups in total. The van der Waals surface area contributed by atoms with Crippen LogP contribution >= 0.6 is 0 Å². The van der Waals surface area contributed by atoms with Gasteiger partial charge in [0.2, 0.25) is 0 Å². The zero-order chi connectivity index (χ0) is 11.4. The summed E-state index contributed by atoms with van der Waals surface area (Å²) in [5, 5.41) is 3.32. The molecule has 2 nitrogen and oxygen atoms in total. The van der Waals surface area contributed by atoms with E-state index in [4.69, 9.17) is 4.74 Å². The quantitative estimate of drug-likeness (QED) is 0.840. The van der Waals surface area contributed by atoms with Crippen LogP contribution in [0.25, 0.3) is 5.57 Å². The molecule has 0 amide bonds. The van der Waals surface area contributed by atoms with E-state index in [1.165, 1.54) is 11.1 Å². The van der Waals surface area contributed by atoms with Gasteiger partial charge in [-0.05, 0) is 50.1 Å². The van der Waals surface area contributed by atoms with E-state index in [0.29, 0.717) is 0 Å². The zero-order valence-electron chi connectivity index (χ0n) is 9.99. The van der Waals surface area contributed by atoms with Crippen molar-refractivity contribution in [3.63, 3.8) is 0 Å². The van der Waals surface area contributed by atoms with E-state index in [0.717, 1.165) is 25.3 Å². The van der Waals surface area contributed by atoms with Crippen molar-refractivity contribution in [1.82, 2.24) is 5.32 Å². The lowest BCUT2D eigenvalue weighted by Crippen LogP contribution is -2.20. The van der Waals surface area contributed by atoms with E-state index in [2.05, 4.69) is 43.4 Å². The summed E-state index contributed by atoms with van der Waals surface area (Å²) in [5.41, 5.74) is 2.72. The Morgan fingerprint density at radius 3 is 2.88 bits per heavy atom. The average Bonchev–Trinajstić information content (AvgIpc) is 2.30. The maximum Gasteiger partial charge on any atom is 0.120 e. The number of benzene rings is 1. The minimum absolute atomic E-state index is 0.234. The summed E-state index contributed by atoms with van der Waals surface area (Å²) >= 11 is 0. The van der Waals surface area contributed by atoms with Crippen molar-refractivity contribution in [3.05, 3.63) is 35.9 Å². The second kappa shape index (κ2) is 5.17. The summed E-state index contributed by atoms with van der Waals surface area (Å²) in [6.07, 6.45) is 3.60. The number of hydrogen-bond donors (Lipinski definition) is 1. The Balaban J connectivity index is 2.18. The van der Waals surface area contributed by atoms with Crippen LogP contribution in [0, 0.1) is 0 Å². The monoisotopic (exact) mass is 217 g/mol. The van der Waals surface area contributed by atoms with Gasteiger partial charge in [-0.15, -0.1) is 0 Å². The van der Waals surface area contributed by atoms with Crippen molar-refractivity contribution in [2.24, 2.45) is 0 Å². The Hall–Kier alpha value is -1.28. The number of nitrogens with one attached hydrogen (secondary N) is 1. The molecule has 0 saturated heterocycles. The van der Waals surface area contributed by atoms with Crippen molar-refractivity contribution >= 4 is 5.57 Å². The largest absolute Gasteiger partial charge is 0.491 e. The Labute approximate surface area is 97.3 Å². The second-order valence-electron chi connectivity index (χ2n) is 4.38. The van der Waals surface area contributed by atoms with Crippen LogP contribution in [-0.2, 0) is 0 Å². The van der Waals surface area contributed by atoms with E-state index in [-0.39, 0.29) is 6.10 Å². The molecule has 1 heterocycles. The van der Waals surface area contributed by atoms with E-state index in [1.54, 1.807) is 0 Å². The molecular formula is C14H19NO. The topological polar surface area (TPSA) is 21.3 Å². The molecule has 2 heteroatoms. The molecule has 0 aliphatic carbocycles. The Bertz CT molecular complexity index is 382. The average molecular weight is 217 g/mol. The maximum absolute atomic E-state index is 5.70. The van der Waals surface area contributed by atoms with E-state index in [1.807, 2.05) is 6.07 Å². The molecule has 2 rings (SSSR count). The molecular weight excluding hydrogens is 198 g/mol. The minimum atomic E-state index is 0.234. The SMILES string of the molecule is CC(C)Oc1cccc(C2=CCNCC2)c1. The van der Waals surface area contributed by atoms with Gasteiger partial charge < -0.3 is 10.1 Å². The standard InChI is InChI=1S/C14H19NO/c1-11(2)16-14-5-3-4-13(10-14)12-6-8-15-9-7-12/h3-6,10-11,15H,7-9H2,1-2H3. The lowest BCUT2D eigenvalue weighted by atomic mass is 10.0. The molecule has 1 aliphatic heterocycles. The molecule has 0 atom stereocenters. The van der Waals surface area contributed by atoms with E-state index >= 15 is 0 Å². The van der Waals surface area contributed by atoms with E-state index < -0.39 is 0 Å². The molecule has 0 radical (unpaired) electrons. The van der Waals surface area contributed by atoms with Crippen molar-refractivity contribution < 1.29 is 4.74 Å². The Morgan fingerprint density at radius 1 is 1.31 bits per heavy atom. The third kappa shape index (κ3) is 2.86. The minimum Gasteiger partial charge on any atom is -0.491 e. The summed E-state index contributed by atoms with van der Waals surface area (Å²) < 4.78 is 5.70. The first-order valence-corrected chi connectivity index (χ1v) is 5.92. The molecule has 0 unspecified atom stereocenters. The molecule has 0 aromatic heterocycles. The predicted molar refractivity (Wildman–Crippen MR) is 67.7 cm³/mol. The van der Waals surface area contributed by atoms with Crippen LogP contribution in [0.4, 0.5) is 0 Å². The molecule has 0 fully saturated rings. The van der Waals surface area contributed by atoms with Crippen molar-refractivity contribution in [2.45, 2.75) is 26.4 Å². The van der Waals surface area contributed by atoms with Crippen LogP contribution in [-0.4, -0.2) is 19.2 Å². The highest BCUT2D eigenvalue weighted by Gasteiger charge is 2.06. The molecule has 86 valence electrons. The van der Waals surface area contributed by atoms with Gasteiger partial charge in [-0.3, -0.25) is 0 Å². The van der Waals surface area contributed by atoms with Crippen LogP contribution in [0.3, 0.4) is 0 Å². The third-order valence-electron chi connectivity index (χ3n) is 2.64. The highest BCUT2D eigenvalue weighted by molar-refractivity contribution is 5.67. The van der Waals surface area contributed by atoms with Gasteiger partial charge >= 0.3 is 0 Å². The van der Waals surface area contributed by atoms with Crippen LogP contribution in [0.1, 0.15) is 25.8 Å². The fourth-order valence-corrected chi connectivity index (χ4v) is 1.93. The first-order valence-electron chi connectivity index (χ1n) is 5.92. The van der Waals surface area contributed by atoms with Crippen LogP contribution < -0.4 is 10.1 Å². The molecule has 0 bridgehead atoms.